The molecule has 0 saturated heterocycles. The second-order valence-electron chi connectivity index (χ2n) is 5.19. The fraction of sp³-hybridized carbons (Fsp3) is 0.357. The topological polar surface area (TPSA) is 42.1 Å². The molecule has 22 heavy (non-hydrogen) atoms. The molecule has 0 unspecified atom stereocenters. The molecule has 2 aromatic rings. The number of aromatic nitrogens is 1. The Morgan fingerprint density at radius 1 is 1.41 bits per heavy atom. The zero-order chi connectivity index (χ0) is 16.1. The molecule has 2 aromatic heterocycles. The number of nitrogen functional groups attached to an aromatic ring is 1. The molecule has 0 aromatic carbocycles. The van der Waals surface area contributed by atoms with E-state index in [1.165, 1.54) is 16.9 Å². The lowest BCUT2D eigenvalue weighted by atomic mass is 10.0. The van der Waals surface area contributed by atoms with Crippen LogP contribution in [0.2, 0.25) is 5.02 Å². The number of anilines is 2. The summed E-state index contributed by atoms with van der Waals surface area (Å²) in [7, 11) is 0. The van der Waals surface area contributed by atoms with E-state index >= 15 is 0 Å². The molecule has 0 radical (unpaired) electrons. The van der Waals surface area contributed by atoms with Gasteiger partial charge < -0.3 is 10.6 Å². The normalized spacial score (nSPS) is 15.0. The van der Waals surface area contributed by atoms with E-state index < -0.39 is 11.7 Å². The Labute approximate surface area is 134 Å². The molecule has 3 nitrogen and oxygen atoms in total. The molecule has 0 amide bonds. The first-order chi connectivity index (χ1) is 10.3. The zero-order valence-corrected chi connectivity index (χ0v) is 13.2. The van der Waals surface area contributed by atoms with Gasteiger partial charge in [-0.3, -0.25) is 0 Å². The van der Waals surface area contributed by atoms with E-state index in [9.17, 15) is 13.2 Å². The van der Waals surface area contributed by atoms with E-state index in [1.807, 2.05) is 11.8 Å². The van der Waals surface area contributed by atoms with Crippen molar-refractivity contribution in [2.45, 2.75) is 26.1 Å². The SMILES string of the molecule is Cc1c(N)sc2c1CCN(c1ncc(C(F)(F)F)cc1Cl)C2. The molecule has 8 heteroatoms. The Kier molecular flexibility index (Phi) is 3.72. The lowest BCUT2D eigenvalue weighted by Crippen LogP contribution is -2.30. The summed E-state index contributed by atoms with van der Waals surface area (Å²) in [6.07, 6.45) is -2.83. The van der Waals surface area contributed by atoms with E-state index in [-0.39, 0.29) is 5.02 Å². The number of rotatable bonds is 1. The van der Waals surface area contributed by atoms with Crippen LogP contribution in [0, 0.1) is 6.92 Å². The van der Waals surface area contributed by atoms with Gasteiger partial charge in [-0.2, -0.15) is 13.2 Å². The first-order valence-electron chi connectivity index (χ1n) is 6.61. The molecule has 3 heterocycles. The summed E-state index contributed by atoms with van der Waals surface area (Å²) in [5.41, 5.74) is 7.44. The molecule has 1 aliphatic rings. The highest BCUT2D eigenvalue weighted by atomic mass is 35.5. The van der Waals surface area contributed by atoms with Crippen molar-refractivity contribution in [1.29, 1.82) is 0 Å². The van der Waals surface area contributed by atoms with Gasteiger partial charge in [-0.05, 0) is 30.5 Å². The van der Waals surface area contributed by atoms with E-state index in [0.29, 0.717) is 18.9 Å². The second-order valence-corrected chi connectivity index (χ2v) is 6.74. The third-order valence-electron chi connectivity index (χ3n) is 3.81. The maximum atomic E-state index is 12.7. The van der Waals surface area contributed by atoms with E-state index in [2.05, 4.69) is 4.98 Å². The summed E-state index contributed by atoms with van der Waals surface area (Å²) in [4.78, 5) is 6.93. The Morgan fingerprint density at radius 2 is 2.14 bits per heavy atom. The smallest absolute Gasteiger partial charge is 0.390 e. The summed E-state index contributed by atoms with van der Waals surface area (Å²) in [6.45, 7) is 3.21. The minimum Gasteiger partial charge on any atom is -0.390 e. The highest BCUT2D eigenvalue weighted by Crippen LogP contribution is 2.38. The molecule has 118 valence electrons. The van der Waals surface area contributed by atoms with Crippen LogP contribution in [0.25, 0.3) is 0 Å². The summed E-state index contributed by atoms with van der Waals surface area (Å²) in [5, 5.41) is 0.804. The zero-order valence-electron chi connectivity index (χ0n) is 11.7. The van der Waals surface area contributed by atoms with Gasteiger partial charge in [-0.15, -0.1) is 11.3 Å². The van der Waals surface area contributed by atoms with Crippen molar-refractivity contribution in [1.82, 2.24) is 4.98 Å². The molecular weight excluding hydrogens is 335 g/mol. The predicted octanol–water partition coefficient (Wildman–Crippen LogP) is 4.27. The Bertz CT molecular complexity index is 727. The van der Waals surface area contributed by atoms with Gasteiger partial charge in [0.05, 0.1) is 22.1 Å². The third-order valence-corrected chi connectivity index (χ3v) is 5.23. The molecule has 3 rings (SSSR count). The van der Waals surface area contributed by atoms with Crippen LogP contribution < -0.4 is 10.6 Å². The van der Waals surface area contributed by atoms with Crippen molar-refractivity contribution < 1.29 is 13.2 Å². The number of hydrogen-bond donors (Lipinski definition) is 1. The number of fused-ring (bicyclic) bond motifs is 1. The van der Waals surface area contributed by atoms with Gasteiger partial charge in [0.2, 0.25) is 0 Å². The van der Waals surface area contributed by atoms with Gasteiger partial charge in [0.1, 0.15) is 5.82 Å². The van der Waals surface area contributed by atoms with Gasteiger partial charge >= 0.3 is 6.18 Å². The molecule has 1 aliphatic heterocycles. The van der Waals surface area contributed by atoms with Crippen molar-refractivity contribution in [3.63, 3.8) is 0 Å². The van der Waals surface area contributed by atoms with Crippen LogP contribution in [0.15, 0.2) is 12.3 Å². The highest BCUT2D eigenvalue weighted by molar-refractivity contribution is 7.16. The number of pyridine rings is 1. The fourth-order valence-corrected chi connectivity index (χ4v) is 4.01. The Balaban J connectivity index is 1.90. The standard InChI is InChI=1S/C14H13ClF3N3S/c1-7-9-2-3-21(6-11(9)22-12(7)19)13-10(15)4-8(5-20-13)14(16,17)18/h4-5H,2-3,6,19H2,1H3. The van der Waals surface area contributed by atoms with Crippen molar-refractivity contribution in [2.24, 2.45) is 0 Å². The summed E-state index contributed by atoms with van der Waals surface area (Å²) in [6, 6.07) is 0.924. The van der Waals surface area contributed by atoms with Crippen LogP contribution in [-0.2, 0) is 19.1 Å². The summed E-state index contributed by atoms with van der Waals surface area (Å²) >= 11 is 7.52. The molecule has 0 fully saturated rings. The van der Waals surface area contributed by atoms with Crippen molar-refractivity contribution in [3.05, 3.63) is 38.9 Å². The molecule has 0 saturated carbocycles. The average molecular weight is 348 g/mol. The van der Waals surface area contributed by atoms with E-state index in [0.717, 1.165) is 34.1 Å². The van der Waals surface area contributed by atoms with Crippen molar-refractivity contribution >= 4 is 33.8 Å². The number of nitrogens with zero attached hydrogens (tertiary/aromatic N) is 2. The molecule has 2 N–H and O–H groups in total. The number of hydrogen-bond acceptors (Lipinski definition) is 4. The van der Waals surface area contributed by atoms with E-state index in [1.54, 1.807) is 0 Å². The quantitative estimate of drug-likeness (QED) is 0.837. The van der Waals surface area contributed by atoms with Crippen LogP contribution in [0.5, 0.6) is 0 Å². The van der Waals surface area contributed by atoms with Crippen molar-refractivity contribution in [3.8, 4) is 0 Å². The number of alkyl halides is 3. The monoisotopic (exact) mass is 347 g/mol. The van der Waals surface area contributed by atoms with Crippen LogP contribution in [0.4, 0.5) is 24.0 Å². The summed E-state index contributed by atoms with van der Waals surface area (Å²) in [5.74, 6) is 0.380. The second kappa shape index (κ2) is 5.31. The van der Waals surface area contributed by atoms with E-state index in [4.69, 9.17) is 17.3 Å². The Morgan fingerprint density at radius 3 is 2.77 bits per heavy atom. The maximum absolute atomic E-state index is 12.7. The Hall–Kier alpha value is -1.47. The van der Waals surface area contributed by atoms with Crippen LogP contribution >= 0.6 is 22.9 Å². The van der Waals surface area contributed by atoms with Crippen LogP contribution in [-0.4, -0.2) is 11.5 Å². The van der Waals surface area contributed by atoms with Crippen LogP contribution in [0.1, 0.15) is 21.6 Å². The minimum atomic E-state index is -4.44. The summed E-state index contributed by atoms with van der Waals surface area (Å²) < 4.78 is 38.0. The molecule has 0 aliphatic carbocycles. The molecule has 0 atom stereocenters. The maximum Gasteiger partial charge on any atom is 0.417 e. The highest BCUT2D eigenvalue weighted by Gasteiger charge is 2.32. The fourth-order valence-electron chi connectivity index (χ4n) is 2.58. The lowest BCUT2D eigenvalue weighted by molar-refractivity contribution is -0.137. The van der Waals surface area contributed by atoms with Gasteiger partial charge in [0, 0.05) is 17.6 Å². The predicted molar refractivity (Wildman–Crippen MR) is 82.5 cm³/mol. The number of halogens is 4. The first-order valence-corrected chi connectivity index (χ1v) is 7.81. The third kappa shape index (κ3) is 2.63. The minimum absolute atomic E-state index is 0.0134. The largest absolute Gasteiger partial charge is 0.417 e. The molecule has 0 bridgehead atoms. The number of nitrogens with two attached hydrogens (primary N) is 1. The van der Waals surface area contributed by atoms with Gasteiger partial charge in [0.15, 0.2) is 0 Å². The first kappa shape index (κ1) is 15.4. The van der Waals surface area contributed by atoms with Gasteiger partial charge in [-0.25, -0.2) is 4.98 Å². The number of thiophene rings is 1. The molecule has 0 spiro atoms. The molecular formula is C14H13ClF3N3S. The van der Waals surface area contributed by atoms with Crippen molar-refractivity contribution in [2.75, 3.05) is 17.2 Å². The average Bonchev–Trinajstić information content (AvgIpc) is 2.72. The van der Waals surface area contributed by atoms with Gasteiger partial charge in [0.25, 0.3) is 0 Å². The van der Waals surface area contributed by atoms with Gasteiger partial charge in [-0.1, -0.05) is 11.6 Å². The van der Waals surface area contributed by atoms with Crippen LogP contribution in [0.3, 0.4) is 0 Å². The lowest BCUT2D eigenvalue weighted by Gasteiger charge is -2.29.